The summed E-state index contributed by atoms with van der Waals surface area (Å²) in [6, 6.07) is 15.3. The zero-order valence-electron chi connectivity index (χ0n) is 17.1. The molecule has 0 aliphatic heterocycles. The van der Waals surface area contributed by atoms with Crippen LogP contribution in [-0.4, -0.2) is 24.8 Å². The van der Waals surface area contributed by atoms with Gasteiger partial charge in [0, 0.05) is 17.3 Å². The number of fused-ring (bicyclic) bond motifs is 1. The number of rotatable bonds is 5. The summed E-state index contributed by atoms with van der Waals surface area (Å²) >= 11 is 6.01. The number of esters is 1. The average Bonchev–Trinajstić information content (AvgIpc) is 2.80. The number of nitrogens with zero attached hydrogens (tertiary/aromatic N) is 1. The first kappa shape index (κ1) is 21.4. The summed E-state index contributed by atoms with van der Waals surface area (Å²) in [5.74, 6) is -0.672. The highest BCUT2D eigenvalue weighted by Crippen LogP contribution is 2.33. The minimum absolute atomic E-state index is 0.0100. The lowest BCUT2D eigenvalue weighted by Crippen LogP contribution is -2.22. The Hall–Kier alpha value is -3.84. The van der Waals surface area contributed by atoms with Gasteiger partial charge in [-0.1, -0.05) is 29.8 Å². The molecular formula is C24H17ClFNO5. The summed E-state index contributed by atoms with van der Waals surface area (Å²) in [5.41, 5.74) is 0.288. The maximum atomic E-state index is 13.4. The number of carbonyl (C=O) groups excluding carboxylic acids is 1. The third-order valence-electron chi connectivity index (χ3n) is 4.87. The van der Waals surface area contributed by atoms with Gasteiger partial charge in [-0.3, -0.25) is 9.36 Å². The van der Waals surface area contributed by atoms with E-state index in [1.54, 1.807) is 24.3 Å². The third kappa shape index (κ3) is 3.90. The molecule has 0 radical (unpaired) electrons. The molecule has 0 saturated carbocycles. The van der Waals surface area contributed by atoms with Crippen molar-refractivity contribution in [2.24, 2.45) is 0 Å². The first-order valence-electron chi connectivity index (χ1n) is 9.47. The Bertz CT molecular complexity index is 1390. The monoisotopic (exact) mass is 453 g/mol. The van der Waals surface area contributed by atoms with Gasteiger partial charge in [0.2, 0.25) is 0 Å². The van der Waals surface area contributed by atoms with Crippen molar-refractivity contribution in [3.05, 3.63) is 93.6 Å². The molecule has 0 N–H and O–H groups in total. The topological polar surface area (TPSA) is 66.8 Å². The lowest BCUT2D eigenvalue weighted by atomic mass is 10.1. The molecule has 4 aromatic rings. The highest BCUT2D eigenvalue weighted by atomic mass is 35.5. The van der Waals surface area contributed by atoms with Crippen molar-refractivity contribution in [1.82, 2.24) is 4.57 Å². The van der Waals surface area contributed by atoms with Crippen LogP contribution in [-0.2, 0) is 0 Å². The molecule has 0 amide bonds. The summed E-state index contributed by atoms with van der Waals surface area (Å²) in [6.07, 6.45) is 1.39. The maximum absolute atomic E-state index is 13.4. The Labute approximate surface area is 187 Å². The van der Waals surface area contributed by atoms with E-state index in [0.29, 0.717) is 22.6 Å². The number of pyridine rings is 1. The van der Waals surface area contributed by atoms with Gasteiger partial charge in [0.05, 0.1) is 30.2 Å². The number of hydrogen-bond donors (Lipinski definition) is 0. The quantitative estimate of drug-likeness (QED) is 0.313. The molecule has 1 aromatic heterocycles. The Morgan fingerprint density at radius 2 is 1.56 bits per heavy atom. The van der Waals surface area contributed by atoms with E-state index in [1.807, 2.05) is 6.07 Å². The molecule has 1 heterocycles. The van der Waals surface area contributed by atoms with Gasteiger partial charge in [-0.25, -0.2) is 9.18 Å². The van der Waals surface area contributed by atoms with E-state index >= 15 is 0 Å². The van der Waals surface area contributed by atoms with E-state index in [1.165, 1.54) is 43.2 Å². The second kappa shape index (κ2) is 8.72. The van der Waals surface area contributed by atoms with Crippen LogP contribution in [0.1, 0.15) is 10.4 Å². The molecule has 0 saturated heterocycles. The van der Waals surface area contributed by atoms with Crippen molar-refractivity contribution in [2.45, 2.75) is 0 Å². The molecule has 32 heavy (non-hydrogen) atoms. The highest BCUT2D eigenvalue weighted by Gasteiger charge is 2.21. The van der Waals surface area contributed by atoms with Crippen molar-refractivity contribution < 1.29 is 23.4 Å². The van der Waals surface area contributed by atoms with Crippen molar-refractivity contribution >= 4 is 28.3 Å². The Balaban J connectivity index is 1.95. The molecule has 3 aromatic carbocycles. The van der Waals surface area contributed by atoms with Crippen LogP contribution in [0.4, 0.5) is 4.39 Å². The first-order valence-corrected chi connectivity index (χ1v) is 9.84. The zero-order chi connectivity index (χ0) is 22.8. The number of methoxy groups -OCH3 is 2. The van der Waals surface area contributed by atoms with Gasteiger partial charge in [-0.15, -0.1) is 0 Å². The molecule has 0 spiro atoms. The van der Waals surface area contributed by atoms with E-state index in [-0.39, 0.29) is 27.3 Å². The third-order valence-corrected chi connectivity index (χ3v) is 5.17. The summed E-state index contributed by atoms with van der Waals surface area (Å²) in [7, 11) is 2.90. The Morgan fingerprint density at radius 1 is 0.906 bits per heavy atom. The number of halogens is 2. The van der Waals surface area contributed by atoms with E-state index < -0.39 is 11.8 Å². The molecule has 8 heteroatoms. The second-order valence-corrected chi connectivity index (χ2v) is 7.18. The molecule has 0 aliphatic carbocycles. The van der Waals surface area contributed by atoms with E-state index in [4.69, 9.17) is 25.8 Å². The van der Waals surface area contributed by atoms with Gasteiger partial charge >= 0.3 is 5.97 Å². The number of ether oxygens (including phenoxy) is 3. The van der Waals surface area contributed by atoms with Gasteiger partial charge in [-0.05, 0) is 42.5 Å². The molecule has 0 bridgehead atoms. The number of aromatic nitrogens is 1. The van der Waals surface area contributed by atoms with Gasteiger partial charge in [0.1, 0.15) is 11.6 Å². The Morgan fingerprint density at radius 3 is 2.19 bits per heavy atom. The minimum Gasteiger partial charge on any atom is -0.493 e. The normalized spacial score (nSPS) is 10.8. The van der Waals surface area contributed by atoms with Gasteiger partial charge in [-0.2, -0.15) is 0 Å². The van der Waals surface area contributed by atoms with Crippen molar-refractivity contribution in [3.8, 4) is 22.9 Å². The Kier molecular flexibility index (Phi) is 5.83. The molecule has 0 aliphatic rings. The number of hydrogen-bond acceptors (Lipinski definition) is 5. The summed E-state index contributed by atoms with van der Waals surface area (Å²) in [6.45, 7) is 0. The molecule has 4 rings (SSSR count). The molecular weight excluding hydrogens is 437 g/mol. The largest absolute Gasteiger partial charge is 0.493 e. The minimum atomic E-state index is -0.777. The SMILES string of the molecule is COc1cc2c(C(=O)Oc3ccc(F)cc3Cl)cn(-c3ccccc3)c(=O)c2cc1OC. The van der Waals surface area contributed by atoms with Crippen LogP contribution >= 0.6 is 11.6 Å². The molecule has 6 nitrogen and oxygen atoms in total. The van der Waals surface area contributed by atoms with Gasteiger partial charge < -0.3 is 14.2 Å². The maximum Gasteiger partial charge on any atom is 0.345 e. The lowest BCUT2D eigenvalue weighted by molar-refractivity contribution is 0.0736. The number of para-hydroxylation sites is 1. The molecule has 0 fully saturated rings. The first-order chi connectivity index (χ1) is 15.4. The van der Waals surface area contributed by atoms with Crippen LogP contribution in [0.5, 0.6) is 17.2 Å². The van der Waals surface area contributed by atoms with Crippen LogP contribution < -0.4 is 19.8 Å². The fraction of sp³-hybridized carbons (Fsp3) is 0.0833. The number of carbonyl (C=O) groups is 1. The predicted octanol–water partition coefficient (Wildman–Crippen LogP) is 5.02. The highest BCUT2D eigenvalue weighted by molar-refractivity contribution is 6.32. The predicted molar refractivity (Wildman–Crippen MR) is 119 cm³/mol. The lowest BCUT2D eigenvalue weighted by Gasteiger charge is -2.15. The van der Waals surface area contributed by atoms with Crippen LogP contribution in [0.15, 0.2) is 71.7 Å². The summed E-state index contributed by atoms with van der Waals surface area (Å²) in [5, 5.41) is 0.479. The summed E-state index contributed by atoms with van der Waals surface area (Å²) < 4.78 is 30.8. The summed E-state index contributed by atoms with van der Waals surface area (Å²) in [4.78, 5) is 26.4. The van der Waals surface area contributed by atoms with E-state index in [0.717, 1.165) is 12.1 Å². The van der Waals surface area contributed by atoms with Crippen molar-refractivity contribution in [2.75, 3.05) is 14.2 Å². The van der Waals surface area contributed by atoms with E-state index in [9.17, 15) is 14.0 Å². The van der Waals surface area contributed by atoms with Crippen LogP contribution in [0, 0.1) is 5.82 Å². The smallest absolute Gasteiger partial charge is 0.345 e. The zero-order valence-corrected chi connectivity index (χ0v) is 17.9. The fourth-order valence-electron chi connectivity index (χ4n) is 3.32. The van der Waals surface area contributed by atoms with Crippen molar-refractivity contribution in [3.63, 3.8) is 0 Å². The van der Waals surface area contributed by atoms with Crippen LogP contribution in [0.25, 0.3) is 16.5 Å². The molecule has 0 unspecified atom stereocenters. The van der Waals surface area contributed by atoms with Gasteiger partial charge in [0.25, 0.3) is 5.56 Å². The average molecular weight is 454 g/mol. The van der Waals surface area contributed by atoms with Crippen LogP contribution in [0.2, 0.25) is 5.02 Å². The fourth-order valence-corrected chi connectivity index (χ4v) is 3.53. The van der Waals surface area contributed by atoms with Crippen LogP contribution in [0.3, 0.4) is 0 Å². The van der Waals surface area contributed by atoms with Gasteiger partial charge in [0.15, 0.2) is 11.5 Å². The standard InChI is InChI=1S/C24H17ClFNO5/c1-30-21-11-16-17(12-22(21)31-2)23(28)27(15-6-4-3-5-7-15)13-18(16)24(29)32-20-9-8-14(26)10-19(20)25/h3-13H,1-2H3. The van der Waals surface area contributed by atoms with Crippen molar-refractivity contribution in [1.29, 1.82) is 0 Å². The molecule has 0 atom stereocenters. The number of benzene rings is 3. The van der Waals surface area contributed by atoms with E-state index in [2.05, 4.69) is 0 Å². The second-order valence-electron chi connectivity index (χ2n) is 6.77. The molecule has 162 valence electrons.